The van der Waals surface area contributed by atoms with Gasteiger partial charge in [0.05, 0.1) is 5.25 Å². The minimum absolute atomic E-state index is 0.0974. The fraction of sp³-hybridized carbons (Fsp3) is 0.588. The Morgan fingerprint density at radius 3 is 2.57 bits per heavy atom. The summed E-state index contributed by atoms with van der Waals surface area (Å²) in [5.74, 6) is 0.100. The number of hydrogen-bond acceptors (Lipinski definition) is 4. The van der Waals surface area contributed by atoms with Gasteiger partial charge in [-0.1, -0.05) is 11.6 Å². The Kier molecular flexibility index (Phi) is 7.70. The molecule has 1 aliphatic rings. The van der Waals surface area contributed by atoms with Gasteiger partial charge < -0.3 is 15.1 Å². The Morgan fingerprint density at radius 2 is 1.91 bits per heavy atom. The second kappa shape index (κ2) is 9.52. The van der Waals surface area contributed by atoms with Crippen molar-refractivity contribution >= 4 is 29.3 Å². The van der Waals surface area contributed by atoms with Gasteiger partial charge in [0.2, 0.25) is 5.91 Å². The molecule has 0 aromatic heterocycles. The maximum atomic E-state index is 12.1. The van der Waals surface area contributed by atoms with Gasteiger partial charge in [0.25, 0.3) is 0 Å². The van der Waals surface area contributed by atoms with Gasteiger partial charge in [0, 0.05) is 42.6 Å². The number of hydrogen-bond donors (Lipinski definition) is 1. The van der Waals surface area contributed by atoms with Gasteiger partial charge in [-0.15, -0.1) is 11.8 Å². The number of halogens is 1. The molecule has 1 fully saturated rings. The van der Waals surface area contributed by atoms with E-state index in [1.807, 2.05) is 31.2 Å². The zero-order valence-corrected chi connectivity index (χ0v) is 15.5. The van der Waals surface area contributed by atoms with Gasteiger partial charge in [-0.3, -0.25) is 4.79 Å². The molecule has 0 spiro atoms. The Labute approximate surface area is 148 Å². The number of amides is 1. The third-order valence-corrected chi connectivity index (χ3v) is 5.41. The number of thioether (sulfide) groups is 1. The van der Waals surface area contributed by atoms with Crippen molar-refractivity contribution < 1.29 is 4.79 Å². The van der Waals surface area contributed by atoms with E-state index in [1.54, 1.807) is 11.8 Å². The van der Waals surface area contributed by atoms with E-state index in [-0.39, 0.29) is 11.2 Å². The van der Waals surface area contributed by atoms with Crippen molar-refractivity contribution in [3.63, 3.8) is 0 Å². The van der Waals surface area contributed by atoms with Gasteiger partial charge in [-0.05, 0) is 51.2 Å². The lowest BCUT2D eigenvalue weighted by atomic mass is 10.3. The lowest BCUT2D eigenvalue weighted by Crippen LogP contribution is -2.45. The van der Waals surface area contributed by atoms with Crippen LogP contribution in [0.15, 0.2) is 29.2 Å². The smallest absolute Gasteiger partial charge is 0.233 e. The lowest BCUT2D eigenvalue weighted by Gasteiger charge is -2.32. The molecule has 0 saturated carbocycles. The summed E-state index contributed by atoms with van der Waals surface area (Å²) in [6.07, 6.45) is 1.01. The predicted molar refractivity (Wildman–Crippen MR) is 98.3 cm³/mol. The van der Waals surface area contributed by atoms with Crippen molar-refractivity contribution in [2.45, 2.75) is 23.5 Å². The molecule has 1 amide bonds. The van der Waals surface area contributed by atoms with Crippen LogP contribution in [0.25, 0.3) is 0 Å². The molecule has 23 heavy (non-hydrogen) atoms. The zero-order chi connectivity index (χ0) is 16.7. The molecule has 0 bridgehead atoms. The third-order valence-electron chi connectivity index (χ3n) is 4.04. The zero-order valence-electron chi connectivity index (χ0n) is 13.9. The van der Waals surface area contributed by atoms with Crippen molar-refractivity contribution in [3.05, 3.63) is 29.3 Å². The normalized spacial score (nSPS) is 17.9. The number of likely N-dealkylation sites (N-methyl/N-ethyl adjacent to an activating group) is 1. The third kappa shape index (κ3) is 6.71. The summed E-state index contributed by atoms with van der Waals surface area (Å²) in [5.41, 5.74) is 0. The number of benzene rings is 1. The minimum atomic E-state index is -0.0974. The highest BCUT2D eigenvalue weighted by Gasteiger charge is 2.15. The van der Waals surface area contributed by atoms with Crippen molar-refractivity contribution in [3.8, 4) is 0 Å². The number of carbonyl (C=O) groups is 1. The first-order valence-corrected chi connectivity index (χ1v) is 9.41. The van der Waals surface area contributed by atoms with E-state index >= 15 is 0 Å². The lowest BCUT2D eigenvalue weighted by molar-refractivity contribution is -0.120. The molecule has 1 aromatic rings. The molecule has 1 heterocycles. The van der Waals surface area contributed by atoms with Crippen LogP contribution < -0.4 is 5.32 Å². The summed E-state index contributed by atoms with van der Waals surface area (Å²) in [7, 11) is 2.16. The Bertz CT molecular complexity index is 489. The van der Waals surface area contributed by atoms with Crippen LogP contribution in [0, 0.1) is 0 Å². The van der Waals surface area contributed by atoms with Crippen LogP contribution in [0.1, 0.15) is 13.3 Å². The van der Waals surface area contributed by atoms with E-state index in [1.165, 1.54) is 0 Å². The standard InChI is InChI=1S/C17H26ClN3OS/c1-14(23-16-6-4-15(18)5-7-16)17(22)19-8-3-9-21-12-10-20(2)11-13-21/h4-7,14H,3,8-13H2,1-2H3,(H,19,22). The SMILES string of the molecule is CC(Sc1ccc(Cl)cc1)C(=O)NCCCN1CCN(C)CC1. The molecule has 1 aliphatic heterocycles. The van der Waals surface area contributed by atoms with Crippen LogP contribution in [0.4, 0.5) is 0 Å². The predicted octanol–water partition coefficient (Wildman–Crippen LogP) is 2.57. The van der Waals surface area contributed by atoms with Gasteiger partial charge in [0.1, 0.15) is 0 Å². The molecule has 1 aromatic carbocycles. The van der Waals surface area contributed by atoms with E-state index in [2.05, 4.69) is 22.2 Å². The second-order valence-corrected chi connectivity index (χ2v) is 7.85. The van der Waals surface area contributed by atoms with E-state index in [0.29, 0.717) is 0 Å². The van der Waals surface area contributed by atoms with Crippen LogP contribution in [0.5, 0.6) is 0 Å². The van der Waals surface area contributed by atoms with Gasteiger partial charge in [0.15, 0.2) is 0 Å². The summed E-state index contributed by atoms with van der Waals surface area (Å²) in [6.45, 7) is 8.29. The van der Waals surface area contributed by atoms with E-state index in [4.69, 9.17) is 11.6 Å². The van der Waals surface area contributed by atoms with Crippen molar-refractivity contribution in [2.24, 2.45) is 0 Å². The molecule has 6 heteroatoms. The molecular weight excluding hydrogens is 330 g/mol. The summed E-state index contributed by atoms with van der Waals surface area (Å²) >= 11 is 7.43. The molecule has 1 N–H and O–H groups in total. The van der Waals surface area contributed by atoms with E-state index in [0.717, 1.165) is 55.6 Å². The first kappa shape index (κ1) is 18.6. The molecule has 0 aliphatic carbocycles. The molecule has 128 valence electrons. The average molecular weight is 356 g/mol. The first-order chi connectivity index (χ1) is 11.0. The molecule has 1 saturated heterocycles. The molecular formula is C17H26ClN3OS. The molecule has 0 radical (unpaired) electrons. The van der Waals surface area contributed by atoms with Crippen LogP contribution in [-0.4, -0.2) is 67.3 Å². The molecule has 1 atom stereocenters. The first-order valence-electron chi connectivity index (χ1n) is 8.15. The van der Waals surface area contributed by atoms with Gasteiger partial charge in [-0.2, -0.15) is 0 Å². The summed E-state index contributed by atoms with van der Waals surface area (Å²) in [6, 6.07) is 7.60. The molecule has 4 nitrogen and oxygen atoms in total. The van der Waals surface area contributed by atoms with E-state index in [9.17, 15) is 4.79 Å². The summed E-state index contributed by atoms with van der Waals surface area (Å²) < 4.78 is 0. The number of rotatable bonds is 7. The van der Waals surface area contributed by atoms with E-state index < -0.39 is 0 Å². The van der Waals surface area contributed by atoms with Crippen LogP contribution >= 0.6 is 23.4 Å². The van der Waals surface area contributed by atoms with Crippen LogP contribution in [0.2, 0.25) is 5.02 Å². The highest BCUT2D eigenvalue weighted by atomic mass is 35.5. The summed E-state index contributed by atoms with van der Waals surface area (Å²) in [5, 5.41) is 3.66. The fourth-order valence-corrected chi connectivity index (χ4v) is 3.52. The number of nitrogens with zero attached hydrogens (tertiary/aromatic N) is 2. The van der Waals surface area contributed by atoms with Crippen molar-refractivity contribution in [2.75, 3.05) is 46.3 Å². The highest BCUT2D eigenvalue weighted by molar-refractivity contribution is 8.00. The molecule has 1 unspecified atom stereocenters. The van der Waals surface area contributed by atoms with Crippen LogP contribution in [-0.2, 0) is 4.79 Å². The number of nitrogens with one attached hydrogen (secondary N) is 1. The minimum Gasteiger partial charge on any atom is -0.355 e. The van der Waals surface area contributed by atoms with Crippen molar-refractivity contribution in [1.29, 1.82) is 0 Å². The van der Waals surface area contributed by atoms with Gasteiger partial charge in [-0.25, -0.2) is 0 Å². The Morgan fingerprint density at radius 1 is 1.26 bits per heavy atom. The monoisotopic (exact) mass is 355 g/mol. The van der Waals surface area contributed by atoms with Gasteiger partial charge >= 0.3 is 0 Å². The van der Waals surface area contributed by atoms with Crippen molar-refractivity contribution in [1.82, 2.24) is 15.1 Å². The summed E-state index contributed by atoms with van der Waals surface area (Å²) in [4.78, 5) is 18.0. The maximum absolute atomic E-state index is 12.1. The largest absolute Gasteiger partial charge is 0.355 e. The maximum Gasteiger partial charge on any atom is 0.233 e. The highest BCUT2D eigenvalue weighted by Crippen LogP contribution is 2.24. The fourth-order valence-electron chi connectivity index (χ4n) is 2.50. The topological polar surface area (TPSA) is 35.6 Å². The number of piperazine rings is 1. The van der Waals surface area contributed by atoms with Crippen LogP contribution in [0.3, 0.4) is 0 Å². The second-order valence-electron chi connectivity index (χ2n) is 6.00. The Hall–Kier alpha value is -0.750. The quantitative estimate of drug-likeness (QED) is 0.602. The molecule has 2 rings (SSSR count). The average Bonchev–Trinajstić information content (AvgIpc) is 2.55. The number of carbonyl (C=O) groups excluding carboxylic acids is 1. The Balaban J connectivity index is 1.61.